The molecule has 3 amide bonds. The van der Waals surface area contributed by atoms with E-state index in [9.17, 15) is 23.1 Å². The molecule has 0 atom stereocenters. The number of hydrogen-bond acceptors (Lipinski definition) is 10. The predicted molar refractivity (Wildman–Crippen MR) is 98.4 cm³/mol. The smallest absolute Gasteiger partial charge is 0.335 e. The van der Waals surface area contributed by atoms with Gasteiger partial charge in [0.2, 0.25) is 11.7 Å². The fourth-order valence-corrected chi connectivity index (χ4v) is 3.10. The minimum Gasteiger partial charge on any atom is -0.499 e. The fourth-order valence-electron chi connectivity index (χ4n) is 2.06. The highest BCUT2D eigenvalue weighted by molar-refractivity contribution is 7.90. The Bertz CT molecular complexity index is 1020. The Morgan fingerprint density at radius 1 is 1.14 bits per heavy atom. The first-order valence-corrected chi connectivity index (χ1v) is 9.28. The van der Waals surface area contributed by atoms with Crippen LogP contribution in [0.15, 0.2) is 23.4 Å². The van der Waals surface area contributed by atoms with Crippen LogP contribution in [0, 0.1) is 0 Å². The van der Waals surface area contributed by atoms with Crippen molar-refractivity contribution in [2.45, 2.75) is 5.03 Å². The van der Waals surface area contributed by atoms with Crippen LogP contribution in [0.3, 0.4) is 0 Å². The van der Waals surface area contributed by atoms with Gasteiger partial charge in [-0.2, -0.15) is 18.4 Å². The summed E-state index contributed by atoms with van der Waals surface area (Å²) in [5.41, 5.74) is -0.220. The van der Waals surface area contributed by atoms with Crippen molar-refractivity contribution in [1.29, 1.82) is 0 Å². The number of pyridine rings is 1. The number of sulfonamides is 1. The quantitative estimate of drug-likeness (QED) is 0.561. The van der Waals surface area contributed by atoms with E-state index in [1.54, 1.807) is 4.72 Å². The number of carbonyl (C=O) groups excluding carboxylic acids is 2. The molecular weight excluding hydrogens is 408 g/mol. The van der Waals surface area contributed by atoms with Gasteiger partial charge in [-0.05, 0) is 12.1 Å². The van der Waals surface area contributed by atoms with E-state index in [2.05, 4.69) is 20.3 Å². The first-order valence-electron chi connectivity index (χ1n) is 7.80. The summed E-state index contributed by atoms with van der Waals surface area (Å²) in [6.07, 6.45) is 1.16. The lowest BCUT2D eigenvalue weighted by atomic mass is 10.2. The standard InChI is InChI=1S/C15H18N6O7S/c1-21(2)13(23)8-6-5-7-16-12(8)29(25,26)20-15(24)19-14-17-10(27-3)9(22)11(18-14)28-4/h5-7,22H,1-4H3,(H2,17,18,19,20,24). The van der Waals surface area contributed by atoms with Crippen LogP contribution in [-0.2, 0) is 10.0 Å². The van der Waals surface area contributed by atoms with Crippen molar-refractivity contribution in [2.75, 3.05) is 33.6 Å². The molecule has 0 unspecified atom stereocenters. The van der Waals surface area contributed by atoms with Crippen molar-refractivity contribution in [3.8, 4) is 17.5 Å². The number of amides is 3. The van der Waals surface area contributed by atoms with Gasteiger partial charge in [0, 0.05) is 20.3 Å². The second kappa shape index (κ2) is 8.55. The van der Waals surface area contributed by atoms with Crippen LogP contribution >= 0.6 is 0 Å². The monoisotopic (exact) mass is 426 g/mol. The average molecular weight is 426 g/mol. The van der Waals surface area contributed by atoms with E-state index >= 15 is 0 Å². The molecule has 0 aliphatic rings. The molecule has 156 valence electrons. The van der Waals surface area contributed by atoms with Crippen molar-refractivity contribution in [3.05, 3.63) is 23.9 Å². The van der Waals surface area contributed by atoms with Crippen LogP contribution < -0.4 is 19.5 Å². The molecule has 2 aromatic heterocycles. The zero-order chi connectivity index (χ0) is 21.8. The normalized spacial score (nSPS) is 10.8. The van der Waals surface area contributed by atoms with Crippen molar-refractivity contribution >= 4 is 27.9 Å². The van der Waals surface area contributed by atoms with Crippen molar-refractivity contribution in [1.82, 2.24) is 24.6 Å². The van der Waals surface area contributed by atoms with Gasteiger partial charge in [0.05, 0.1) is 19.8 Å². The molecule has 0 aromatic carbocycles. The summed E-state index contributed by atoms with van der Waals surface area (Å²) in [7, 11) is 0.779. The minimum absolute atomic E-state index is 0.220. The Hall–Kier alpha value is -3.68. The van der Waals surface area contributed by atoms with Gasteiger partial charge in [0.15, 0.2) is 5.03 Å². The van der Waals surface area contributed by atoms with Crippen LogP contribution in [0.5, 0.6) is 17.5 Å². The summed E-state index contributed by atoms with van der Waals surface area (Å²) in [5, 5.41) is 11.2. The zero-order valence-electron chi connectivity index (χ0n) is 15.8. The lowest BCUT2D eigenvalue weighted by Gasteiger charge is -2.14. The maximum Gasteiger partial charge on any atom is 0.335 e. The second-order valence-corrected chi connectivity index (χ2v) is 7.13. The molecule has 0 spiro atoms. The third kappa shape index (κ3) is 4.78. The zero-order valence-corrected chi connectivity index (χ0v) is 16.6. The Labute approximate surface area is 165 Å². The van der Waals surface area contributed by atoms with Crippen molar-refractivity contribution in [2.24, 2.45) is 0 Å². The predicted octanol–water partition coefficient (Wildman–Crippen LogP) is -0.193. The van der Waals surface area contributed by atoms with Gasteiger partial charge < -0.3 is 19.5 Å². The number of ether oxygens (including phenoxy) is 2. The number of aromatic hydroxyl groups is 1. The molecule has 0 aliphatic heterocycles. The lowest BCUT2D eigenvalue weighted by Crippen LogP contribution is -2.36. The van der Waals surface area contributed by atoms with E-state index in [0.29, 0.717) is 0 Å². The average Bonchev–Trinajstić information content (AvgIpc) is 2.67. The van der Waals surface area contributed by atoms with Crippen LogP contribution in [0.2, 0.25) is 0 Å². The first-order chi connectivity index (χ1) is 13.6. The summed E-state index contributed by atoms with van der Waals surface area (Å²) in [4.78, 5) is 36.6. The molecule has 2 aromatic rings. The van der Waals surface area contributed by atoms with Crippen LogP contribution in [0.4, 0.5) is 10.7 Å². The number of carbonyl (C=O) groups is 2. The van der Waals surface area contributed by atoms with E-state index in [-0.39, 0.29) is 17.3 Å². The molecule has 2 heterocycles. The minimum atomic E-state index is -4.52. The maximum absolute atomic E-state index is 12.5. The van der Waals surface area contributed by atoms with Gasteiger partial charge >= 0.3 is 6.03 Å². The second-order valence-electron chi connectivity index (χ2n) is 5.53. The van der Waals surface area contributed by atoms with E-state index in [4.69, 9.17) is 9.47 Å². The van der Waals surface area contributed by atoms with Gasteiger partial charge in [0.25, 0.3) is 27.7 Å². The number of nitrogens with zero attached hydrogens (tertiary/aromatic N) is 4. The van der Waals surface area contributed by atoms with E-state index in [0.717, 1.165) is 6.20 Å². The molecule has 0 saturated heterocycles. The highest BCUT2D eigenvalue weighted by atomic mass is 32.2. The molecule has 0 radical (unpaired) electrons. The SMILES string of the molecule is COc1nc(NC(=O)NS(=O)(=O)c2ncccc2C(=O)N(C)C)nc(OC)c1O. The van der Waals surface area contributed by atoms with Crippen LogP contribution in [-0.4, -0.2) is 73.6 Å². The molecular formula is C15H18N6O7S. The topological polar surface area (TPSA) is 173 Å². The molecule has 2 rings (SSSR count). The van der Waals surface area contributed by atoms with Gasteiger partial charge in [0.1, 0.15) is 0 Å². The molecule has 0 fully saturated rings. The lowest BCUT2D eigenvalue weighted by molar-refractivity contribution is 0.0823. The number of hydrogen-bond donors (Lipinski definition) is 3. The highest BCUT2D eigenvalue weighted by Gasteiger charge is 2.27. The molecule has 0 saturated carbocycles. The van der Waals surface area contributed by atoms with Gasteiger partial charge in [-0.15, -0.1) is 0 Å². The Kier molecular flexibility index (Phi) is 6.38. The summed E-state index contributed by atoms with van der Waals surface area (Å²) < 4.78 is 36.4. The molecule has 13 nitrogen and oxygen atoms in total. The largest absolute Gasteiger partial charge is 0.499 e. The Morgan fingerprint density at radius 2 is 1.72 bits per heavy atom. The Balaban J connectivity index is 2.29. The Morgan fingerprint density at radius 3 is 2.24 bits per heavy atom. The number of methoxy groups -OCH3 is 2. The van der Waals surface area contributed by atoms with Gasteiger partial charge in [-0.1, -0.05) is 0 Å². The number of nitrogens with one attached hydrogen (secondary N) is 2. The summed E-state index contributed by atoms with van der Waals surface area (Å²) in [6.45, 7) is 0. The molecule has 0 aliphatic carbocycles. The third-order valence-electron chi connectivity index (χ3n) is 3.32. The summed E-state index contributed by atoms with van der Waals surface area (Å²) in [5.74, 6) is -2.14. The van der Waals surface area contributed by atoms with Gasteiger partial charge in [-0.3, -0.25) is 10.1 Å². The highest BCUT2D eigenvalue weighted by Crippen LogP contribution is 2.33. The molecule has 0 bridgehead atoms. The van der Waals surface area contributed by atoms with Crippen LogP contribution in [0.1, 0.15) is 10.4 Å². The molecule has 14 heteroatoms. The summed E-state index contributed by atoms with van der Waals surface area (Å²) >= 11 is 0. The fraction of sp³-hybridized carbons (Fsp3) is 0.267. The van der Waals surface area contributed by atoms with E-state index < -0.39 is 38.7 Å². The van der Waals surface area contributed by atoms with Crippen LogP contribution in [0.25, 0.3) is 0 Å². The summed E-state index contributed by atoms with van der Waals surface area (Å²) in [6, 6.07) is 1.41. The number of aromatic nitrogens is 3. The van der Waals surface area contributed by atoms with Crippen molar-refractivity contribution < 1.29 is 32.6 Å². The number of urea groups is 1. The van der Waals surface area contributed by atoms with E-state index in [1.165, 1.54) is 45.3 Å². The van der Waals surface area contributed by atoms with Gasteiger partial charge in [-0.25, -0.2) is 14.5 Å². The number of anilines is 1. The molecule has 29 heavy (non-hydrogen) atoms. The maximum atomic E-state index is 12.5. The molecule has 3 N–H and O–H groups in total. The van der Waals surface area contributed by atoms with E-state index in [1.807, 2.05) is 0 Å². The third-order valence-corrected chi connectivity index (χ3v) is 4.61. The van der Waals surface area contributed by atoms with Crippen molar-refractivity contribution in [3.63, 3.8) is 0 Å². The first kappa shape index (κ1) is 21.6. The number of rotatable bonds is 6.